The highest BCUT2D eigenvalue weighted by Crippen LogP contribution is 1.99. The fourth-order valence-electron chi connectivity index (χ4n) is 1.17. The second-order valence-electron chi connectivity index (χ2n) is 3.36. The van der Waals surface area contributed by atoms with Crippen LogP contribution in [0.25, 0.3) is 0 Å². The normalized spacial score (nSPS) is 9.88. The maximum atomic E-state index is 11.5. The monoisotopic (exact) mass is 243 g/mol. The van der Waals surface area contributed by atoms with E-state index in [1.807, 2.05) is 12.1 Å². The lowest BCUT2D eigenvalue weighted by molar-refractivity contribution is -0.131. The molecule has 0 radical (unpaired) electrons. The predicted molar refractivity (Wildman–Crippen MR) is 61.0 cm³/mol. The van der Waals surface area contributed by atoms with Gasteiger partial charge in [-0.25, -0.2) is 0 Å². The minimum Gasteiger partial charge on any atom is -0.364 e. The molecule has 0 fully saturated rings. The van der Waals surface area contributed by atoms with E-state index in [-0.39, 0.29) is 24.2 Å². The Bertz CT molecular complexity index is 351. The van der Waals surface area contributed by atoms with E-state index in [9.17, 15) is 9.59 Å². The molecule has 0 aromatic carbocycles. The van der Waals surface area contributed by atoms with Gasteiger partial charge < -0.3 is 15.2 Å². The van der Waals surface area contributed by atoms with Gasteiger partial charge in [0.25, 0.3) is 0 Å². The van der Waals surface area contributed by atoms with Gasteiger partial charge in [-0.05, 0) is 12.1 Å². The van der Waals surface area contributed by atoms with E-state index in [4.69, 9.17) is 11.6 Å². The molecule has 0 spiro atoms. The van der Waals surface area contributed by atoms with Crippen LogP contribution in [0.3, 0.4) is 0 Å². The topological polar surface area (TPSA) is 65.2 Å². The molecule has 1 aromatic heterocycles. The summed E-state index contributed by atoms with van der Waals surface area (Å²) in [4.78, 5) is 26.9. The third-order valence-electron chi connectivity index (χ3n) is 2.05. The highest BCUT2D eigenvalue weighted by molar-refractivity contribution is 6.27. The van der Waals surface area contributed by atoms with Crippen molar-refractivity contribution in [3.8, 4) is 0 Å². The molecule has 2 N–H and O–H groups in total. The second kappa shape index (κ2) is 6.17. The molecule has 0 bridgehead atoms. The summed E-state index contributed by atoms with van der Waals surface area (Å²) in [7, 11) is 1.68. The molecule has 1 aromatic rings. The van der Waals surface area contributed by atoms with Crippen LogP contribution in [0.5, 0.6) is 0 Å². The molecule has 88 valence electrons. The number of likely N-dealkylation sites (N-methyl/N-ethyl adjacent to an activating group) is 1. The molecule has 16 heavy (non-hydrogen) atoms. The summed E-state index contributed by atoms with van der Waals surface area (Å²) in [5.41, 5.74) is 0.944. The van der Waals surface area contributed by atoms with Gasteiger partial charge in [-0.1, -0.05) is 0 Å². The van der Waals surface area contributed by atoms with Gasteiger partial charge in [0.1, 0.15) is 5.88 Å². The molecule has 0 unspecified atom stereocenters. The SMILES string of the molecule is CN(Cc1ccc[nH]1)C(=O)CNC(=O)CCl. The first-order chi connectivity index (χ1) is 7.63. The number of aromatic nitrogens is 1. The van der Waals surface area contributed by atoms with Crippen LogP contribution >= 0.6 is 11.6 Å². The number of hydrogen-bond acceptors (Lipinski definition) is 2. The van der Waals surface area contributed by atoms with E-state index in [0.717, 1.165) is 5.69 Å². The van der Waals surface area contributed by atoms with Crippen LogP contribution in [0.4, 0.5) is 0 Å². The Labute approximate surface area is 98.8 Å². The van der Waals surface area contributed by atoms with Crippen molar-refractivity contribution in [2.75, 3.05) is 19.5 Å². The molecule has 1 heterocycles. The van der Waals surface area contributed by atoms with Gasteiger partial charge in [0.2, 0.25) is 11.8 Å². The number of nitrogens with zero attached hydrogens (tertiary/aromatic N) is 1. The number of amides is 2. The molecule has 5 nitrogen and oxygen atoms in total. The van der Waals surface area contributed by atoms with Crippen molar-refractivity contribution in [2.45, 2.75) is 6.54 Å². The van der Waals surface area contributed by atoms with Crippen LogP contribution in [-0.2, 0) is 16.1 Å². The Morgan fingerprint density at radius 2 is 2.31 bits per heavy atom. The van der Waals surface area contributed by atoms with Crippen molar-refractivity contribution in [1.29, 1.82) is 0 Å². The van der Waals surface area contributed by atoms with Gasteiger partial charge in [-0.3, -0.25) is 9.59 Å². The third-order valence-corrected chi connectivity index (χ3v) is 2.30. The van der Waals surface area contributed by atoms with Crippen molar-refractivity contribution in [1.82, 2.24) is 15.2 Å². The van der Waals surface area contributed by atoms with Crippen LogP contribution in [0.2, 0.25) is 0 Å². The summed E-state index contributed by atoms with van der Waals surface area (Å²) in [5.74, 6) is -0.635. The van der Waals surface area contributed by atoms with E-state index in [1.165, 1.54) is 4.90 Å². The largest absolute Gasteiger partial charge is 0.364 e. The average Bonchev–Trinajstić information content (AvgIpc) is 2.77. The molecule has 0 saturated heterocycles. The maximum absolute atomic E-state index is 11.5. The number of nitrogens with one attached hydrogen (secondary N) is 2. The minimum absolute atomic E-state index is 0.0250. The van der Waals surface area contributed by atoms with Crippen LogP contribution in [0.15, 0.2) is 18.3 Å². The van der Waals surface area contributed by atoms with E-state index < -0.39 is 0 Å². The van der Waals surface area contributed by atoms with Crippen molar-refractivity contribution in [3.05, 3.63) is 24.0 Å². The number of halogens is 1. The molecular weight excluding hydrogens is 230 g/mol. The number of carbonyl (C=O) groups is 2. The molecule has 0 atom stereocenters. The standard InChI is InChI=1S/C10H14ClN3O2/c1-14(7-8-3-2-4-12-8)10(16)6-13-9(15)5-11/h2-4,12H,5-7H2,1H3,(H,13,15). The minimum atomic E-state index is -0.344. The average molecular weight is 244 g/mol. The molecule has 0 aliphatic carbocycles. The highest BCUT2D eigenvalue weighted by atomic mass is 35.5. The lowest BCUT2D eigenvalue weighted by Crippen LogP contribution is -2.38. The van der Waals surface area contributed by atoms with Gasteiger partial charge in [0.15, 0.2) is 0 Å². The van der Waals surface area contributed by atoms with Gasteiger partial charge in [0.05, 0.1) is 13.1 Å². The molecule has 2 amide bonds. The van der Waals surface area contributed by atoms with Crippen molar-refractivity contribution >= 4 is 23.4 Å². The van der Waals surface area contributed by atoms with Crippen molar-refractivity contribution in [2.24, 2.45) is 0 Å². The van der Waals surface area contributed by atoms with Gasteiger partial charge in [-0.2, -0.15) is 0 Å². The highest BCUT2D eigenvalue weighted by Gasteiger charge is 2.10. The Hall–Kier alpha value is -1.49. The number of H-pyrrole nitrogens is 1. The van der Waals surface area contributed by atoms with Gasteiger partial charge in [0, 0.05) is 18.9 Å². The Morgan fingerprint density at radius 1 is 1.56 bits per heavy atom. The fourth-order valence-corrected chi connectivity index (χ4v) is 1.26. The quantitative estimate of drug-likeness (QED) is 0.732. The Kier molecular flexibility index (Phi) is 4.85. The summed E-state index contributed by atoms with van der Waals surface area (Å²) >= 11 is 5.29. The number of alkyl halides is 1. The molecular formula is C10H14ClN3O2. The third kappa shape index (κ3) is 3.94. The van der Waals surface area contributed by atoms with E-state index >= 15 is 0 Å². The van der Waals surface area contributed by atoms with Crippen molar-refractivity contribution < 1.29 is 9.59 Å². The second-order valence-corrected chi connectivity index (χ2v) is 3.62. The maximum Gasteiger partial charge on any atom is 0.242 e. The Balaban J connectivity index is 2.33. The first kappa shape index (κ1) is 12.6. The van der Waals surface area contributed by atoms with Crippen LogP contribution in [0.1, 0.15) is 5.69 Å². The number of carbonyl (C=O) groups excluding carboxylic acids is 2. The first-order valence-corrected chi connectivity index (χ1v) is 5.36. The zero-order valence-electron chi connectivity index (χ0n) is 9.00. The zero-order valence-corrected chi connectivity index (χ0v) is 9.75. The Morgan fingerprint density at radius 3 is 2.88 bits per heavy atom. The lowest BCUT2D eigenvalue weighted by Gasteiger charge is -2.16. The molecule has 6 heteroatoms. The number of rotatable bonds is 5. The summed E-state index contributed by atoms with van der Waals surface area (Å²) in [6, 6.07) is 3.75. The van der Waals surface area contributed by atoms with Crippen LogP contribution < -0.4 is 5.32 Å². The summed E-state index contributed by atoms with van der Waals surface area (Å²) in [5, 5.41) is 2.42. The summed E-state index contributed by atoms with van der Waals surface area (Å²) in [6.45, 7) is 0.464. The summed E-state index contributed by atoms with van der Waals surface area (Å²) < 4.78 is 0. The first-order valence-electron chi connectivity index (χ1n) is 4.82. The number of aromatic amines is 1. The zero-order chi connectivity index (χ0) is 12.0. The van der Waals surface area contributed by atoms with Crippen LogP contribution in [-0.4, -0.2) is 41.2 Å². The van der Waals surface area contributed by atoms with Crippen molar-refractivity contribution in [3.63, 3.8) is 0 Å². The van der Waals surface area contributed by atoms with E-state index in [1.54, 1.807) is 13.2 Å². The summed E-state index contributed by atoms with van der Waals surface area (Å²) in [6.07, 6.45) is 1.79. The smallest absolute Gasteiger partial charge is 0.242 e. The van der Waals surface area contributed by atoms with Crippen LogP contribution in [0, 0.1) is 0 Å². The van der Waals surface area contributed by atoms with Gasteiger partial charge in [-0.15, -0.1) is 11.6 Å². The molecule has 0 aliphatic heterocycles. The molecule has 1 rings (SSSR count). The fraction of sp³-hybridized carbons (Fsp3) is 0.400. The number of hydrogen-bond donors (Lipinski definition) is 2. The van der Waals surface area contributed by atoms with Gasteiger partial charge >= 0.3 is 0 Å². The molecule has 0 aliphatic rings. The van der Waals surface area contributed by atoms with E-state index in [2.05, 4.69) is 10.3 Å². The lowest BCUT2D eigenvalue weighted by atomic mass is 10.4. The molecule has 0 saturated carbocycles. The van der Waals surface area contributed by atoms with E-state index in [0.29, 0.717) is 6.54 Å². The predicted octanol–water partition coefficient (Wildman–Crippen LogP) is 0.328.